The monoisotopic (exact) mass is 461 g/mol. The van der Waals surface area contributed by atoms with Gasteiger partial charge >= 0.3 is 0 Å². The van der Waals surface area contributed by atoms with E-state index in [1.807, 2.05) is 24.7 Å². The molecule has 0 saturated carbocycles. The molecule has 4 aromatic heterocycles. The van der Waals surface area contributed by atoms with Crippen LogP contribution in [0, 0.1) is 0 Å². The molecular formula is C20H23N5O2S3. The number of anilines is 1. The molecule has 0 aliphatic rings. The van der Waals surface area contributed by atoms with E-state index in [1.165, 1.54) is 22.7 Å². The van der Waals surface area contributed by atoms with Crippen molar-refractivity contribution >= 4 is 49.8 Å². The Kier molecular flexibility index (Phi) is 6.12. The van der Waals surface area contributed by atoms with E-state index in [9.17, 15) is 4.55 Å². The summed E-state index contributed by atoms with van der Waals surface area (Å²) in [5, 5.41) is 3.58. The minimum Gasteiger partial charge on any atom is -0.611 e. The van der Waals surface area contributed by atoms with Crippen molar-refractivity contribution in [1.29, 1.82) is 0 Å². The van der Waals surface area contributed by atoms with E-state index in [4.69, 9.17) is 15.5 Å². The highest BCUT2D eigenvalue weighted by Crippen LogP contribution is 2.43. The molecule has 0 aromatic carbocycles. The second-order valence-corrected chi connectivity index (χ2v) is 10.8. The van der Waals surface area contributed by atoms with Crippen LogP contribution in [-0.2, 0) is 23.0 Å². The van der Waals surface area contributed by atoms with E-state index in [1.54, 1.807) is 13.3 Å². The van der Waals surface area contributed by atoms with Crippen LogP contribution in [0.3, 0.4) is 0 Å². The topological polar surface area (TPSA) is 102 Å². The Hall–Kier alpha value is -1.98. The maximum Gasteiger partial charge on any atom is 0.232 e. The first-order valence-electron chi connectivity index (χ1n) is 9.44. The van der Waals surface area contributed by atoms with Gasteiger partial charge in [0.2, 0.25) is 4.21 Å². The molecule has 0 radical (unpaired) electrons. The van der Waals surface area contributed by atoms with Crippen LogP contribution in [0.1, 0.15) is 25.6 Å². The average Bonchev–Trinajstić information content (AvgIpc) is 3.45. The number of nitrogens with zero attached hydrogens (tertiary/aromatic N) is 4. The average molecular weight is 462 g/mol. The molecule has 1 atom stereocenters. The zero-order valence-corrected chi connectivity index (χ0v) is 19.7. The van der Waals surface area contributed by atoms with Crippen LogP contribution < -0.4 is 5.73 Å². The molecule has 30 heavy (non-hydrogen) atoms. The summed E-state index contributed by atoms with van der Waals surface area (Å²) in [6.45, 7) is 4.64. The minimum atomic E-state index is -1.25. The number of thiophene rings is 1. The van der Waals surface area contributed by atoms with Crippen LogP contribution in [0.25, 0.3) is 32.2 Å². The molecule has 0 spiro atoms. The molecular weight excluding hydrogens is 438 g/mol. The number of rotatable bonds is 7. The lowest BCUT2D eigenvalue weighted by Gasteiger charge is -2.11. The first-order chi connectivity index (χ1) is 14.4. The number of thiazole rings is 1. The van der Waals surface area contributed by atoms with Gasteiger partial charge in [0.1, 0.15) is 32.8 Å². The van der Waals surface area contributed by atoms with Crippen molar-refractivity contribution in [1.82, 2.24) is 19.5 Å². The fourth-order valence-electron chi connectivity index (χ4n) is 3.39. The molecule has 10 heteroatoms. The molecule has 0 amide bonds. The summed E-state index contributed by atoms with van der Waals surface area (Å²) in [4.78, 5) is 14.6. The van der Waals surface area contributed by atoms with E-state index in [2.05, 4.69) is 28.4 Å². The molecule has 0 aliphatic carbocycles. The van der Waals surface area contributed by atoms with Crippen molar-refractivity contribution in [2.75, 3.05) is 25.2 Å². The number of nitrogens with two attached hydrogens (primary N) is 1. The largest absolute Gasteiger partial charge is 0.611 e. The van der Waals surface area contributed by atoms with Gasteiger partial charge in [-0.25, -0.2) is 15.0 Å². The summed E-state index contributed by atoms with van der Waals surface area (Å²) in [6, 6.07) is 2.01. The third-order valence-corrected chi connectivity index (χ3v) is 8.48. The molecule has 7 nitrogen and oxygen atoms in total. The lowest BCUT2D eigenvalue weighted by molar-refractivity contribution is 0.217. The quantitative estimate of drug-likeness (QED) is 0.412. The number of imidazole rings is 1. The highest BCUT2D eigenvalue weighted by Gasteiger charge is 2.26. The van der Waals surface area contributed by atoms with Gasteiger partial charge in [-0.15, -0.1) is 11.3 Å². The Morgan fingerprint density at radius 2 is 2.13 bits per heavy atom. The van der Waals surface area contributed by atoms with Crippen LogP contribution in [0.4, 0.5) is 5.69 Å². The van der Waals surface area contributed by atoms with E-state index in [0.29, 0.717) is 22.3 Å². The summed E-state index contributed by atoms with van der Waals surface area (Å²) >= 11 is 1.66. The van der Waals surface area contributed by atoms with Gasteiger partial charge in [0.15, 0.2) is 0 Å². The van der Waals surface area contributed by atoms with Crippen molar-refractivity contribution in [3.8, 4) is 22.0 Å². The van der Waals surface area contributed by atoms with E-state index >= 15 is 0 Å². The van der Waals surface area contributed by atoms with Crippen molar-refractivity contribution in [3.05, 3.63) is 29.7 Å². The Balaban J connectivity index is 1.96. The number of aromatic nitrogens is 4. The number of hydrogen-bond acceptors (Lipinski definition) is 8. The van der Waals surface area contributed by atoms with Crippen LogP contribution >= 0.6 is 22.7 Å². The van der Waals surface area contributed by atoms with E-state index in [-0.39, 0.29) is 5.92 Å². The third-order valence-electron chi connectivity index (χ3n) is 4.81. The van der Waals surface area contributed by atoms with Gasteiger partial charge in [0, 0.05) is 53.8 Å². The molecule has 0 bridgehead atoms. The lowest BCUT2D eigenvalue weighted by atomic mass is 10.1. The van der Waals surface area contributed by atoms with Crippen LogP contribution in [-0.4, -0.2) is 43.5 Å². The maximum atomic E-state index is 12.8. The molecule has 158 valence electrons. The summed E-state index contributed by atoms with van der Waals surface area (Å²) in [5.41, 5.74) is 9.69. The molecule has 0 saturated heterocycles. The second-order valence-electron chi connectivity index (χ2n) is 7.13. The van der Waals surface area contributed by atoms with Crippen LogP contribution in [0.15, 0.2) is 28.0 Å². The standard InChI is InChI=1S/C20H23N5O2S3/c1-11(2)17-23-10-14(25(17)3)12-9-13(18-22-5-7-28-18)24-19-15(12)16(21)20(29-19)30(26)8-6-27-4/h5,7,9-11H,6,8,21H2,1-4H3. The molecule has 0 fully saturated rings. The summed E-state index contributed by atoms with van der Waals surface area (Å²) in [6.07, 6.45) is 3.63. The fraction of sp³-hybridized carbons (Fsp3) is 0.350. The third kappa shape index (κ3) is 3.74. The first-order valence-corrected chi connectivity index (χ1v) is 12.5. The number of nitrogen functional groups attached to an aromatic ring is 1. The fourth-order valence-corrected chi connectivity index (χ4v) is 6.55. The van der Waals surface area contributed by atoms with E-state index in [0.717, 1.165) is 38.0 Å². The first kappa shape index (κ1) is 21.3. The Morgan fingerprint density at radius 3 is 2.77 bits per heavy atom. The van der Waals surface area contributed by atoms with E-state index < -0.39 is 11.2 Å². The maximum absolute atomic E-state index is 12.8. The van der Waals surface area contributed by atoms with Gasteiger partial charge in [-0.3, -0.25) is 0 Å². The van der Waals surface area contributed by atoms with Crippen molar-refractivity contribution in [2.45, 2.75) is 24.0 Å². The number of fused-ring (bicyclic) bond motifs is 1. The smallest absolute Gasteiger partial charge is 0.232 e. The minimum absolute atomic E-state index is 0.288. The van der Waals surface area contributed by atoms with Crippen molar-refractivity contribution in [2.24, 2.45) is 7.05 Å². The Morgan fingerprint density at radius 1 is 1.33 bits per heavy atom. The Labute approximate surface area is 186 Å². The van der Waals surface area contributed by atoms with Gasteiger partial charge in [0.25, 0.3) is 0 Å². The zero-order chi connectivity index (χ0) is 21.4. The normalized spacial score (nSPS) is 12.9. The molecule has 4 aromatic rings. The molecule has 1 unspecified atom stereocenters. The van der Waals surface area contributed by atoms with Crippen molar-refractivity contribution < 1.29 is 9.29 Å². The number of methoxy groups -OCH3 is 1. The number of hydrogen-bond donors (Lipinski definition) is 1. The van der Waals surface area contributed by atoms with Gasteiger partial charge in [-0.05, 0) is 6.07 Å². The lowest BCUT2D eigenvalue weighted by Crippen LogP contribution is -2.11. The molecule has 4 heterocycles. The van der Waals surface area contributed by atoms with Crippen molar-refractivity contribution in [3.63, 3.8) is 0 Å². The Bertz CT molecular complexity index is 1170. The van der Waals surface area contributed by atoms with Crippen LogP contribution in [0.5, 0.6) is 0 Å². The predicted molar refractivity (Wildman–Crippen MR) is 125 cm³/mol. The molecule has 0 aliphatic heterocycles. The highest BCUT2D eigenvalue weighted by molar-refractivity contribution is 7.93. The SMILES string of the molecule is COCC[S+]([O-])c1sc2nc(-c3nccs3)cc(-c3cnc(C(C)C)n3C)c2c1N. The van der Waals surface area contributed by atoms with Crippen LogP contribution in [0.2, 0.25) is 0 Å². The van der Waals surface area contributed by atoms with Gasteiger partial charge in [0.05, 0.1) is 18.5 Å². The summed E-state index contributed by atoms with van der Waals surface area (Å²) < 4.78 is 20.6. The zero-order valence-electron chi connectivity index (χ0n) is 17.2. The number of ether oxygens (including phenoxy) is 1. The predicted octanol–water partition coefficient (Wildman–Crippen LogP) is 4.28. The van der Waals surface area contributed by atoms with Gasteiger partial charge in [-0.1, -0.05) is 25.2 Å². The number of pyridine rings is 1. The molecule has 4 rings (SSSR count). The highest BCUT2D eigenvalue weighted by atomic mass is 32.2. The van der Waals surface area contributed by atoms with Gasteiger partial charge < -0.3 is 19.6 Å². The molecule has 2 N–H and O–H groups in total. The van der Waals surface area contributed by atoms with Gasteiger partial charge in [-0.2, -0.15) is 0 Å². The summed E-state index contributed by atoms with van der Waals surface area (Å²) in [7, 11) is 3.60. The summed E-state index contributed by atoms with van der Waals surface area (Å²) in [5.74, 6) is 1.67. The second kappa shape index (κ2) is 8.64.